The first kappa shape index (κ1) is 18.2. The van der Waals surface area contributed by atoms with Gasteiger partial charge in [0.25, 0.3) is 0 Å². The number of hydrogen-bond donors (Lipinski definition) is 2. The van der Waals surface area contributed by atoms with Crippen molar-refractivity contribution in [1.29, 1.82) is 0 Å². The second kappa shape index (κ2) is 7.96. The molecule has 1 aromatic heterocycles. The minimum absolute atomic E-state index is 0.314. The average Bonchev–Trinajstić information content (AvgIpc) is 2.81. The maximum atomic E-state index is 12.4. The lowest BCUT2D eigenvalue weighted by atomic mass is 9.99. The molecule has 6 heteroatoms. The van der Waals surface area contributed by atoms with Crippen LogP contribution in [0.25, 0.3) is 0 Å². The Balaban J connectivity index is 2.89. The molecule has 0 aliphatic carbocycles. The molecule has 1 aromatic rings. The third-order valence-electron chi connectivity index (χ3n) is 3.83. The number of aryl methyl sites for hydroxylation is 1. The van der Waals surface area contributed by atoms with E-state index in [1.807, 2.05) is 11.6 Å². The first-order chi connectivity index (χ1) is 9.81. The van der Waals surface area contributed by atoms with Crippen molar-refractivity contribution in [2.24, 2.45) is 11.8 Å². The highest BCUT2D eigenvalue weighted by Crippen LogP contribution is 2.16. The van der Waals surface area contributed by atoms with Crippen molar-refractivity contribution in [2.45, 2.75) is 52.1 Å². The van der Waals surface area contributed by atoms with E-state index in [1.54, 1.807) is 12.3 Å². The van der Waals surface area contributed by atoms with Gasteiger partial charge in [-0.05, 0) is 31.4 Å². The number of nitrogens with one attached hydrogen (secondary N) is 2. The third-order valence-corrected chi connectivity index (χ3v) is 5.22. The van der Waals surface area contributed by atoms with Gasteiger partial charge in [0.2, 0.25) is 10.0 Å². The predicted molar refractivity (Wildman–Crippen MR) is 86.7 cm³/mol. The molecular formula is C15H29N3O2S. The molecule has 1 rings (SSSR count). The zero-order valence-electron chi connectivity index (χ0n) is 13.8. The van der Waals surface area contributed by atoms with Gasteiger partial charge < -0.3 is 9.88 Å². The lowest BCUT2D eigenvalue weighted by Gasteiger charge is -2.15. The molecule has 21 heavy (non-hydrogen) atoms. The molecule has 0 radical (unpaired) electrons. The highest BCUT2D eigenvalue weighted by atomic mass is 32.2. The summed E-state index contributed by atoms with van der Waals surface area (Å²) in [6.07, 6.45) is 2.71. The Bertz CT molecular complexity index is 512. The molecule has 2 N–H and O–H groups in total. The van der Waals surface area contributed by atoms with Crippen LogP contribution in [0.4, 0.5) is 0 Å². The van der Waals surface area contributed by atoms with E-state index in [1.165, 1.54) is 0 Å². The highest BCUT2D eigenvalue weighted by Gasteiger charge is 2.19. The van der Waals surface area contributed by atoms with Crippen LogP contribution in [0.2, 0.25) is 0 Å². The molecule has 0 aliphatic rings. The van der Waals surface area contributed by atoms with Crippen LogP contribution in [0.5, 0.6) is 0 Å². The lowest BCUT2D eigenvalue weighted by molar-refractivity contribution is 0.414. The van der Waals surface area contributed by atoms with Crippen molar-refractivity contribution < 1.29 is 8.42 Å². The van der Waals surface area contributed by atoms with Crippen LogP contribution >= 0.6 is 0 Å². The normalized spacial score (nSPS) is 13.8. The zero-order chi connectivity index (χ0) is 16.0. The predicted octanol–water partition coefficient (Wildman–Crippen LogP) is 2.19. The molecule has 0 spiro atoms. The van der Waals surface area contributed by atoms with E-state index < -0.39 is 10.0 Å². The molecule has 0 saturated carbocycles. The maximum absolute atomic E-state index is 12.4. The minimum Gasteiger partial charge on any atom is -0.349 e. The average molecular weight is 315 g/mol. The smallest absolute Gasteiger partial charge is 0.242 e. The fourth-order valence-electron chi connectivity index (χ4n) is 2.01. The maximum Gasteiger partial charge on any atom is 0.242 e. The van der Waals surface area contributed by atoms with Crippen molar-refractivity contribution in [3.8, 4) is 0 Å². The first-order valence-electron chi connectivity index (χ1n) is 7.65. The summed E-state index contributed by atoms with van der Waals surface area (Å²) in [5.41, 5.74) is 0.997. The fourth-order valence-corrected chi connectivity index (χ4v) is 3.22. The molecule has 0 saturated heterocycles. The van der Waals surface area contributed by atoms with Gasteiger partial charge in [0.15, 0.2) is 0 Å². The quantitative estimate of drug-likeness (QED) is 0.734. The second-order valence-corrected chi connectivity index (χ2v) is 7.73. The molecule has 5 nitrogen and oxygen atoms in total. The second-order valence-electron chi connectivity index (χ2n) is 5.96. The monoisotopic (exact) mass is 315 g/mol. The van der Waals surface area contributed by atoms with E-state index in [2.05, 4.69) is 37.7 Å². The van der Waals surface area contributed by atoms with Gasteiger partial charge >= 0.3 is 0 Å². The van der Waals surface area contributed by atoms with E-state index in [-0.39, 0.29) is 0 Å². The number of aromatic nitrogens is 1. The molecule has 0 amide bonds. The topological polar surface area (TPSA) is 63.1 Å². The molecule has 1 atom stereocenters. The van der Waals surface area contributed by atoms with Crippen LogP contribution in [-0.2, 0) is 23.1 Å². The largest absolute Gasteiger partial charge is 0.349 e. The summed E-state index contributed by atoms with van der Waals surface area (Å²) in [5, 5.41) is 3.08. The summed E-state index contributed by atoms with van der Waals surface area (Å²) in [4.78, 5) is 0.358. The molecule has 0 aromatic carbocycles. The highest BCUT2D eigenvalue weighted by molar-refractivity contribution is 7.89. The molecule has 1 heterocycles. The van der Waals surface area contributed by atoms with Gasteiger partial charge in [-0.3, -0.25) is 0 Å². The summed E-state index contributed by atoms with van der Waals surface area (Å²) in [7, 11) is -1.56. The van der Waals surface area contributed by atoms with Crippen molar-refractivity contribution >= 4 is 10.0 Å². The van der Waals surface area contributed by atoms with E-state index in [0.717, 1.165) is 18.7 Å². The number of sulfonamides is 1. The first-order valence-corrected chi connectivity index (χ1v) is 9.13. The van der Waals surface area contributed by atoms with Crippen molar-refractivity contribution in [2.75, 3.05) is 13.6 Å². The summed E-state index contributed by atoms with van der Waals surface area (Å²) in [6, 6.07) is 1.76. The minimum atomic E-state index is -3.43. The van der Waals surface area contributed by atoms with E-state index in [4.69, 9.17) is 0 Å². The fraction of sp³-hybridized carbons (Fsp3) is 0.733. The Labute approximate surface area is 129 Å². The molecule has 1 unspecified atom stereocenters. The van der Waals surface area contributed by atoms with Gasteiger partial charge in [-0.15, -0.1) is 0 Å². The summed E-state index contributed by atoms with van der Waals surface area (Å²) < 4.78 is 29.5. The number of rotatable bonds is 9. The Morgan fingerprint density at radius 3 is 2.48 bits per heavy atom. The van der Waals surface area contributed by atoms with Crippen LogP contribution in [-0.4, -0.2) is 26.6 Å². The van der Waals surface area contributed by atoms with Crippen LogP contribution in [0.3, 0.4) is 0 Å². The van der Waals surface area contributed by atoms with Crippen molar-refractivity contribution in [1.82, 2.24) is 14.6 Å². The number of nitrogens with zero attached hydrogens (tertiary/aromatic N) is 1. The van der Waals surface area contributed by atoms with Gasteiger partial charge in [-0.25, -0.2) is 13.1 Å². The van der Waals surface area contributed by atoms with Gasteiger partial charge in [-0.1, -0.05) is 27.7 Å². The molecule has 0 bridgehead atoms. The molecule has 122 valence electrons. The standard InChI is InChI=1S/C15H29N3O2S/c1-6-7-18-11-15(8-14(18)10-16-5)21(19,20)17-9-13(4)12(2)3/h8,11-13,16-17H,6-7,9-10H2,1-5H3. The summed E-state index contributed by atoms with van der Waals surface area (Å²) in [6.45, 7) is 10.3. The van der Waals surface area contributed by atoms with Crippen LogP contribution in [0.1, 0.15) is 39.8 Å². The molecule has 0 aliphatic heterocycles. The lowest BCUT2D eigenvalue weighted by Crippen LogP contribution is -2.30. The Kier molecular flexibility index (Phi) is 6.90. The van der Waals surface area contributed by atoms with E-state index in [9.17, 15) is 8.42 Å². The molecule has 0 fully saturated rings. The van der Waals surface area contributed by atoms with E-state index in [0.29, 0.717) is 29.8 Å². The summed E-state index contributed by atoms with van der Waals surface area (Å²) in [5.74, 6) is 0.770. The van der Waals surface area contributed by atoms with E-state index >= 15 is 0 Å². The Morgan fingerprint density at radius 2 is 1.95 bits per heavy atom. The van der Waals surface area contributed by atoms with Crippen LogP contribution in [0, 0.1) is 11.8 Å². The van der Waals surface area contributed by atoms with Crippen LogP contribution < -0.4 is 10.0 Å². The van der Waals surface area contributed by atoms with Gasteiger partial charge in [0.1, 0.15) is 0 Å². The van der Waals surface area contributed by atoms with Crippen molar-refractivity contribution in [3.05, 3.63) is 18.0 Å². The summed E-state index contributed by atoms with van der Waals surface area (Å²) >= 11 is 0. The number of hydrogen-bond acceptors (Lipinski definition) is 3. The zero-order valence-corrected chi connectivity index (χ0v) is 14.6. The SMILES string of the molecule is CCCn1cc(S(=O)(=O)NCC(C)C(C)C)cc1CNC. The van der Waals surface area contributed by atoms with Gasteiger partial charge in [-0.2, -0.15) is 0 Å². The third kappa shape index (κ3) is 5.13. The Hall–Kier alpha value is -0.850. The van der Waals surface area contributed by atoms with Crippen LogP contribution in [0.15, 0.2) is 17.2 Å². The van der Waals surface area contributed by atoms with Crippen molar-refractivity contribution in [3.63, 3.8) is 0 Å². The van der Waals surface area contributed by atoms with Gasteiger partial charge in [0.05, 0.1) is 4.90 Å². The van der Waals surface area contributed by atoms with Gasteiger partial charge in [0, 0.05) is 31.5 Å². The Morgan fingerprint density at radius 1 is 1.29 bits per heavy atom. The molecular weight excluding hydrogens is 286 g/mol.